The molecule has 0 bridgehead atoms. The highest BCUT2D eigenvalue weighted by atomic mass is 79.9. The molecule has 2 N–H and O–H groups in total. The molecule has 0 aliphatic carbocycles. The summed E-state index contributed by atoms with van der Waals surface area (Å²) in [6, 6.07) is 0. The van der Waals surface area contributed by atoms with Crippen LogP contribution in [0.1, 0.15) is 33.1 Å². The van der Waals surface area contributed by atoms with Gasteiger partial charge in [-0.05, 0) is 12.8 Å². The number of hydrogen-bond acceptors (Lipinski definition) is 2. The summed E-state index contributed by atoms with van der Waals surface area (Å²) in [4.78, 5) is 21.3. The second-order valence-electron chi connectivity index (χ2n) is 4.01. The van der Waals surface area contributed by atoms with E-state index in [1.165, 1.54) is 0 Å². The molecule has 6 heteroatoms. The Labute approximate surface area is 105 Å². The normalized spacial score (nSPS) is 12.5. The zero-order valence-corrected chi connectivity index (χ0v) is 11.8. The lowest BCUT2D eigenvalue weighted by molar-refractivity contribution is -0.139. The molecule has 0 aromatic carbocycles. The number of alkyl halides is 2. The first-order chi connectivity index (χ1) is 6.61. The number of carboxylic acid groups (broad SMARTS) is 2. The molecular formula is C9H14Br2O4. The fraction of sp³-hybridized carbons (Fsp3) is 0.778. The second kappa shape index (κ2) is 5.30. The average Bonchev–Trinajstić information content (AvgIpc) is 2.02. The Morgan fingerprint density at radius 2 is 1.67 bits per heavy atom. The van der Waals surface area contributed by atoms with Gasteiger partial charge in [-0.3, -0.25) is 4.79 Å². The van der Waals surface area contributed by atoms with Crippen molar-refractivity contribution >= 4 is 43.8 Å². The molecule has 0 saturated carbocycles. The van der Waals surface area contributed by atoms with Crippen LogP contribution in [0.2, 0.25) is 0 Å². The van der Waals surface area contributed by atoms with E-state index in [1.807, 2.05) is 0 Å². The van der Waals surface area contributed by atoms with Gasteiger partial charge < -0.3 is 10.2 Å². The highest BCUT2D eigenvalue weighted by Gasteiger charge is 2.47. The van der Waals surface area contributed by atoms with Gasteiger partial charge in [0.05, 0.1) is 0 Å². The van der Waals surface area contributed by atoms with Crippen molar-refractivity contribution in [1.82, 2.24) is 0 Å². The first kappa shape index (κ1) is 14.9. The van der Waals surface area contributed by atoms with Gasteiger partial charge in [0.15, 0.2) is 3.23 Å². The first-order valence-electron chi connectivity index (χ1n) is 4.44. The summed E-state index contributed by atoms with van der Waals surface area (Å²) in [5, 5.41) is 17.5. The van der Waals surface area contributed by atoms with Crippen molar-refractivity contribution < 1.29 is 19.8 Å². The van der Waals surface area contributed by atoms with E-state index in [4.69, 9.17) is 10.2 Å². The van der Waals surface area contributed by atoms with Crippen LogP contribution in [-0.4, -0.2) is 25.4 Å². The lowest BCUT2D eigenvalue weighted by Gasteiger charge is -2.34. The van der Waals surface area contributed by atoms with E-state index in [1.54, 1.807) is 13.8 Å². The molecule has 0 radical (unpaired) electrons. The van der Waals surface area contributed by atoms with Crippen molar-refractivity contribution in [2.45, 2.75) is 36.3 Å². The van der Waals surface area contributed by atoms with Crippen LogP contribution < -0.4 is 0 Å². The highest BCUT2D eigenvalue weighted by molar-refractivity contribution is 9.26. The third-order valence-corrected chi connectivity index (χ3v) is 5.14. The lowest BCUT2D eigenvalue weighted by Crippen LogP contribution is -2.40. The van der Waals surface area contributed by atoms with Gasteiger partial charge in [-0.15, -0.1) is 0 Å². The smallest absolute Gasteiger partial charge is 0.331 e. The minimum Gasteiger partial charge on any atom is -0.481 e. The lowest BCUT2D eigenvalue weighted by atomic mass is 9.83. The molecule has 0 aromatic heterocycles. The molecule has 88 valence electrons. The van der Waals surface area contributed by atoms with Gasteiger partial charge in [0, 0.05) is 11.8 Å². The quantitative estimate of drug-likeness (QED) is 0.726. The molecule has 15 heavy (non-hydrogen) atoms. The first-order valence-corrected chi connectivity index (χ1v) is 6.03. The standard InChI is InChI=1S/C9H14Br2O4/c1-8(2,5-3-4-6(12)13)9(10,11)7(14)15/h3-5H2,1-2H3,(H,12,13)(H,14,15). The van der Waals surface area contributed by atoms with Crippen LogP contribution in [0.25, 0.3) is 0 Å². The number of hydrogen-bond donors (Lipinski definition) is 2. The van der Waals surface area contributed by atoms with Crippen molar-refractivity contribution in [2.75, 3.05) is 0 Å². The molecular weight excluding hydrogens is 332 g/mol. The fourth-order valence-corrected chi connectivity index (χ4v) is 1.52. The molecule has 0 aromatic rings. The van der Waals surface area contributed by atoms with Crippen molar-refractivity contribution in [3.63, 3.8) is 0 Å². The van der Waals surface area contributed by atoms with Gasteiger partial charge >= 0.3 is 11.9 Å². The zero-order chi connectivity index (χ0) is 12.3. The summed E-state index contributed by atoms with van der Waals surface area (Å²) in [6.07, 6.45) is 1.01. The molecule has 4 nitrogen and oxygen atoms in total. The molecule has 0 heterocycles. The monoisotopic (exact) mass is 344 g/mol. The predicted molar refractivity (Wildman–Crippen MR) is 63.5 cm³/mol. The molecule has 0 amide bonds. The van der Waals surface area contributed by atoms with E-state index in [0.717, 1.165) is 0 Å². The van der Waals surface area contributed by atoms with Crippen LogP contribution in [0.15, 0.2) is 0 Å². The van der Waals surface area contributed by atoms with Gasteiger partial charge in [0.25, 0.3) is 0 Å². The predicted octanol–water partition coefficient (Wildman–Crippen LogP) is 2.84. The summed E-state index contributed by atoms with van der Waals surface area (Å²) in [5.74, 6) is -1.88. The maximum Gasteiger partial charge on any atom is 0.331 e. The SMILES string of the molecule is CC(C)(CCCC(=O)O)C(Br)(Br)C(=O)O. The minimum absolute atomic E-state index is 0.0547. The maximum absolute atomic E-state index is 11.0. The molecule has 0 fully saturated rings. The molecule has 0 aliphatic heterocycles. The molecule has 0 saturated heterocycles. The molecule has 0 spiro atoms. The van der Waals surface area contributed by atoms with E-state index in [2.05, 4.69) is 31.9 Å². The van der Waals surface area contributed by atoms with Crippen LogP contribution in [0.3, 0.4) is 0 Å². The number of halogens is 2. The van der Waals surface area contributed by atoms with E-state index >= 15 is 0 Å². The maximum atomic E-state index is 11.0. The Morgan fingerprint density at radius 1 is 1.20 bits per heavy atom. The van der Waals surface area contributed by atoms with E-state index in [0.29, 0.717) is 12.8 Å². The van der Waals surface area contributed by atoms with Crippen molar-refractivity contribution in [3.05, 3.63) is 0 Å². The van der Waals surface area contributed by atoms with Crippen LogP contribution >= 0.6 is 31.9 Å². The number of carboxylic acids is 2. The van der Waals surface area contributed by atoms with Gasteiger partial charge in [-0.2, -0.15) is 0 Å². The van der Waals surface area contributed by atoms with Gasteiger partial charge in [0.2, 0.25) is 0 Å². The molecule has 0 atom stereocenters. The number of carbonyl (C=O) groups is 2. The van der Waals surface area contributed by atoms with Crippen LogP contribution in [0.4, 0.5) is 0 Å². The Kier molecular flexibility index (Phi) is 5.26. The summed E-state index contributed by atoms with van der Waals surface area (Å²) < 4.78 is -1.22. The Bertz CT molecular complexity index is 261. The fourth-order valence-electron chi connectivity index (χ4n) is 1.13. The minimum atomic E-state index is -1.22. The summed E-state index contributed by atoms with van der Waals surface area (Å²) in [5.41, 5.74) is -0.575. The van der Waals surface area contributed by atoms with Crippen LogP contribution in [0.5, 0.6) is 0 Å². The third kappa shape index (κ3) is 4.10. The summed E-state index contributed by atoms with van der Waals surface area (Å²) in [6.45, 7) is 3.54. The Hall–Kier alpha value is -0.100. The van der Waals surface area contributed by atoms with Crippen LogP contribution in [0, 0.1) is 5.41 Å². The van der Waals surface area contributed by atoms with Crippen molar-refractivity contribution in [3.8, 4) is 0 Å². The van der Waals surface area contributed by atoms with Gasteiger partial charge in [-0.1, -0.05) is 45.7 Å². The Morgan fingerprint density at radius 3 is 2.00 bits per heavy atom. The second-order valence-corrected chi connectivity index (χ2v) is 7.45. The number of rotatable bonds is 6. The Balaban J connectivity index is 4.41. The van der Waals surface area contributed by atoms with Gasteiger partial charge in [-0.25, -0.2) is 4.79 Å². The van der Waals surface area contributed by atoms with Crippen molar-refractivity contribution in [1.29, 1.82) is 0 Å². The third-order valence-electron chi connectivity index (χ3n) is 2.31. The molecule has 0 aliphatic rings. The molecule has 0 unspecified atom stereocenters. The highest BCUT2D eigenvalue weighted by Crippen LogP contribution is 2.47. The zero-order valence-electron chi connectivity index (χ0n) is 8.59. The topological polar surface area (TPSA) is 74.6 Å². The van der Waals surface area contributed by atoms with Gasteiger partial charge in [0.1, 0.15) is 0 Å². The van der Waals surface area contributed by atoms with E-state index in [-0.39, 0.29) is 6.42 Å². The average molecular weight is 346 g/mol. The summed E-state index contributed by atoms with van der Waals surface area (Å²) >= 11 is 6.21. The van der Waals surface area contributed by atoms with Crippen LogP contribution in [-0.2, 0) is 9.59 Å². The number of aliphatic carboxylic acids is 2. The van der Waals surface area contributed by atoms with E-state index < -0.39 is 20.6 Å². The van der Waals surface area contributed by atoms with Crippen molar-refractivity contribution in [2.24, 2.45) is 5.41 Å². The largest absolute Gasteiger partial charge is 0.481 e. The van der Waals surface area contributed by atoms with E-state index in [9.17, 15) is 9.59 Å². The summed E-state index contributed by atoms with van der Waals surface area (Å²) in [7, 11) is 0. The molecule has 0 rings (SSSR count).